The Labute approximate surface area is 227 Å². The second-order valence-electron chi connectivity index (χ2n) is 10.3. The van der Waals surface area contributed by atoms with Crippen molar-refractivity contribution in [3.05, 3.63) is 48.2 Å². The van der Waals surface area contributed by atoms with Crippen molar-refractivity contribution in [2.45, 2.75) is 63.8 Å². The van der Waals surface area contributed by atoms with E-state index in [-0.39, 0.29) is 25.3 Å². The molecule has 210 valence electrons. The standard InChI is InChI=1S/C28H38N6O5/c1-17(2)13-19(16-35)31-26-27(38)33-24(28(39)34(3)12-8-4-5-11-23(36)32-26)25(37)21(29)14-18-15-30-22-10-7-6-9-20(18)22/h4,6-10,15-17,19,21,24,26,30-31H,5,11-14,29H2,1-3H3,(H,32,36)(H,33,38)/t19-,21+,24+,26-/m1/s1. The molecule has 0 bridgehead atoms. The molecule has 0 spiro atoms. The molecule has 2 heterocycles. The van der Waals surface area contributed by atoms with Crippen LogP contribution in [0.15, 0.2) is 42.6 Å². The summed E-state index contributed by atoms with van der Waals surface area (Å²) in [6.07, 6.45) is 5.64. The second-order valence-corrected chi connectivity index (χ2v) is 10.3. The lowest BCUT2D eigenvalue weighted by atomic mass is 9.97. The van der Waals surface area contributed by atoms with E-state index in [1.54, 1.807) is 18.3 Å². The molecule has 1 aliphatic heterocycles. The molecule has 1 aliphatic rings. The van der Waals surface area contributed by atoms with Gasteiger partial charge in [0.1, 0.15) is 6.29 Å². The zero-order chi connectivity index (χ0) is 28.5. The maximum absolute atomic E-state index is 13.6. The Morgan fingerprint density at radius 3 is 2.64 bits per heavy atom. The highest BCUT2D eigenvalue weighted by atomic mass is 16.2. The Balaban J connectivity index is 1.88. The maximum Gasteiger partial charge on any atom is 0.258 e. The second kappa shape index (κ2) is 13.8. The number of likely N-dealkylation sites (N-methyl/N-ethyl adjacent to an activating group) is 1. The normalized spacial score (nSPS) is 20.9. The minimum absolute atomic E-state index is 0.105. The number of ketones is 1. The van der Waals surface area contributed by atoms with E-state index in [1.165, 1.54) is 11.9 Å². The van der Waals surface area contributed by atoms with Crippen LogP contribution in [-0.2, 0) is 30.4 Å². The minimum atomic E-state index is -1.59. The molecular weight excluding hydrogens is 500 g/mol. The van der Waals surface area contributed by atoms with E-state index < -0.39 is 47.8 Å². The lowest BCUT2D eigenvalue weighted by molar-refractivity contribution is -0.142. The molecule has 0 aliphatic carbocycles. The first kappa shape index (κ1) is 29.7. The van der Waals surface area contributed by atoms with E-state index in [2.05, 4.69) is 20.9 Å². The van der Waals surface area contributed by atoms with Gasteiger partial charge in [0.25, 0.3) is 11.8 Å². The lowest BCUT2D eigenvalue weighted by Gasteiger charge is -2.28. The number of amides is 3. The Morgan fingerprint density at radius 2 is 1.92 bits per heavy atom. The molecule has 1 aromatic heterocycles. The molecule has 0 unspecified atom stereocenters. The highest BCUT2D eigenvalue weighted by Crippen LogP contribution is 2.19. The predicted molar refractivity (Wildman–Crippen MR) is 147 cm³/mol. The van der Waals surface area contributed by atoms with Crippen molar-refractivity contribution in [3.8, 4) is 0 Å². The first-order valence-electron chi connectivity index (χ1n) is 13.2. The molecule has 0 saturated carbocycles. The van der Waals surface area contributed by atoms with E-state index in [4.69, 9.17) is 5.73 Å². The fourth-order valence-corrected chi connectivity index (χ4v) is 4.51. The van der Waals surface area contributed by atoms with Gasteiger partial charge in [-0.3, -0.25) is 24.5 Å². The Hall–Kier alpha value is -3.83. The summed E-state index contributed by atoms with van der Waals surface area (Å²) in [5.41, 5.74) is 8.00. The van der Waals surface area contributed by atoms with Gasteiger partial charge in [0, 0.05) is 37.1 Å². The van der Waals surface area contributed by atoms with Crippen LogP contribution in [0.5, 0.6) is 0 Å². The van der Waals surface area contributed by atoms with Gasteiger partial charge in [0.15, 0.2) is 18.0 Å². The summed E-state index contributed by atoms with van der Waals surface area (Å²) < 4.78 is 0. The van der Waals surface area contributed by atoms with Gasteiger partial charge in [-0.1, -0.05) is 44.2 Å². The fraction of sp³-hybridized carbons (Fsp3) is 0.464. The number of rotatable bonds is 9. The molecule has 2 aromatic rings. The quantitative estimate of drug-likeness (QED) is 0.177. The van der Waals surface area contributed by atoms with Gasteiger partial charge in [-0.15, -0.1) is 0 Å². The summed E-state index contributed by atoms with van der Waals surface area (Å²) >= 11 is 0. The molecule has 3 rings (SSSR count). The van der Waals surface area contributed by atoms with Gasteiger partial charge in [0.2, 0.25) is 5.91 Å². The zero-order valence-corrected chi connectivity index (χ0v) is 22.6. The SMILES string of the molecule is CC(C)C[C@H](C=O)N[C@@H]1NC(=O)CCC=CCN(C)C(=O)[C@H](C(=O)[C@@H](N)Cc2c[nH]c3ccccc23)NC1=O. The number of fused-ring (bicyclic) bond motifs is 1. The van der Waals surface area contributed by atoms with Crippen LogP contribution >= 0.6 is 0 Å². The third-order valence-electron chi connectivity index (χ3n) is 6.60. The van der Waals surface area contributed by atoms with Crippen LogP contribution in [0.3, 0.4) is 0 Å². The summed E-state index contributed by atoms with van der Waals surface area (Å²) in [4.78, 5) is 69.0. The highest BCUT2D eigenvalue weighted by molar-refractivity contribution is 6.10. The first-order valence-corrected chi connectivity index (χ1v) is 13.2. The van der Waals surface area contributed by atoms with Gasteiger partial charge in [-0.2, -0.15) is 0 Å². The van der Waals surface area contributed by atoms with Gasteiger partial charge >= 0.3 is 0 Å². The highest BCUT2D eigenvalue weighted by Gasteiger charge is 2.36. The van der Waals surface area contributed by atoms with Crippen LogP contribution < -0.4 is 21.7 Å². The monoisotopic (exact) mass is 538 g/mol. The number of hydrogen-bond acceptors (Lipinski definition) is 7. The number of aromatic nitrogens is 1. The number of para-hydroxylation sites is 1. The number of benzene rings is 1. The average Bonchev–Trinajstić information content (AvgIpc) is 3.31. The van der Waals surface area contributed by atoms with E-state index in [0.29, 0.717) is 19.1 Å². The zero-order valence-electron chi connectivity index (χ0n) is 22.6. The van der Waals surface area contributed by atoms with Gasteiger partial charge < -0.3 is 31.0 Å². The number of H-pyrrole nitrogens is 1. The number of carbonyl (C=O) groups excluding carboxylic acids is 5. The number of nitrogens with two attached hydrogens (primary N) is 1. The summed E-state index contributed by atoms with van der Waals surface area (Å²) in [7, 11) is 1.52. The summed E-state index contributed by atoms with van der Waals surface area (Å²) in [5.74, 6) is -2.39. The molecule has 6 N–H and O–H groups in total. The van der Waals surface area contributed by atoms with Crippen LogP contribution in [0, 0.1) is 5.92 Å². The van der Waals surface area contributed by atoms with Crippen LogP contribution in [0.4, 0.5) is 0 Å². The molecule has 0 radical (unpaired) electrons. The Morgan fingerprint density at radius 1 is 1.18 bits per heavy atom. The molecule has 39 heavy (non-hydrogen) atoms. The molecular formula is C28H38N6O5. The van der Waals surface area contributed by atoms with E-state index in [1.807, 2.05) is 38.1 Å². The molecule has 0 saturated heterocycles. The third-order valence-corrected chi connectivity index (χ3v) is 6.60. The maximum atomic E-state index is 13.6. The minimum Gasteiger partial charge on any atom is -0.361 e. The number of aromatic amines is 1. The van der Waals surface area contributed by atoms with Gasteiger partial charge in [-0.25, -0.2) is 0 Å². The summed E-state index contributed by atoms with van der Waals surface area (Å²) in [5, 5.41) is 8.85. The Kier molecular flexibility index (Phi) is 10.5. The van der Waals surface area contributed by atoms with Gasteiger partial charge in [0.05, 0.1) is 12.1 Å². The first-order chi connectivity index (χ1) is 18.6. The Bertz CT molecular complexity index is 1220. The van der Waals surface area contributed by atoms with Gasteiger partial charge in [-0.05, 0) is 36.8 Å². The smallest absolute Gasteiger partial charge is 0.258 e. The molecule has 3 amide bonds. The van der Waals surface area contributed by atoms with Crippen molar-refractivity contribution in [2.75, 3.05) is 13.6 Å². The van der Waals surface area contributed by atoms with Crippen LogP contribution in [0.2, 0.25) is 0 Å². The molecule has 4 atom stereocenters. The average molecular weight is 539 g/mol. The molecule has 11 nitrogen and oxygen atoms in total. The van der Waals surface area contributed by atoms with Crippen molar-refractivity contribution in [1.29, 1.82) is 0 Å². The number of Topliss-reactive ketones (excluding diaryl/α,β-unsaturated/α-hetero) is 1. The van der Waals surface area contributed by atoms with Crippen molar-refractivity contribution < 1.29 is 24.0 Å². The van der Waals surface area contributed by atoms with Crippen LogP contribution in [0.1, 0.15) is 38.7 Å². The van der Waals surface area contributed by atoms with E-state index in [0.717, 1.165) is 16.5 Å². The fourth-order valence-electron chi connectivity index (χ4n) is 4.51. The van der Waals surface area contributed by atoms with Crippen molar-refractivity contribution in [3.63, 3.8) is 0 Å². The van der Waals surface area contributed by atoms with Crippen LogP contribution in [0.25, 0.3) is 10.9 Å². The number of hydrogen-bond donors (Lipinski definition) is 5. The predicted octanol–water partition coefficient (Wildman–Crippen LogP) is 0.546. The summed E-state index contributed by atoms with van der Waals surface area (Å²) in [6, 6.07) is 4.17. The van der Waals surface area contributed by atoms with Crippen molar-refractivity contribution in [1.82, 2.24) is 25.8 Å². The molecule has 11 heteroatoms. The number of aldehydes is 1. The molecule has 1 aromatic carbocycles. The number of allylic oxidation sites excluding steroid dienone is 1. The van der Waals surface area contributed by atoms with E-state index >= 15 is 0 Å². The number of nitrogens with one attached hydrogen (secondary N) is 4. The van der Waals surface area contributed by atoms with E-state index in [9.17, 15) is 24.0 Å². The number of nitrogens with zero attached hydrogens (tertiary/aromatic N) is 1. The van der Waals surface area contributed by atoms with Crippen molar-refractivity contribution >= 4 is 40.7 Å². The summed E-state index contributed by atoms with van der Waals surface area (Å²) in [6.45, 7) is 4.03. The third kappa shape index (κ3) is 8.08. The largest absolute Gasteiger partial charge is 0.361 e. The lowest BCUT2D eigenvalue weighted by Crippen LogP contribution is -2.63. The topological polar surface area (TPSA) is 166 Å². The molecule has 0 fully saturated rings. The number of carbonyl (C=O) groups is 5. The van der Waals surface area contributed by atoms with Crippen LogP contribution in [-0.4, -0.2) is 77.6 Å². The van der Waals surface area contributed by atoms with Crippen molar-refractivity contribution in [2.24, 2.45) is 11.7 Å².